The molecule has 68 heavy (non-hydrogen) atoms. The average molecular weight is 1040 g/mol. The van der Waals surface area contributed by atoms with Crippen LogP contribution >= 0.6 is 58.0 Å². The van der Waals surface area contributed by atoms with E-state index in [1.807, 2.05) is 0 Å². The number of rotatable bonds is 14. The lowest BCUT2D eigenvalue weighted by molar-refractivity contribution is -0.353. The Kier molecular flexibility index (Phi) is 17.0. The number of hydrogen-bond donors (Lipinski definition) is 3. The van der Waals surface area contributed by atoms with Crippen LogP contribution in [0.5, 0.6) is 0 Å². The lowest BCUT2D eigenvalue weighted by Crippen LogP contribution is -2.66. The summed E-state index contributed by atoms with van der Waals surface area (Å²) in [4.78, 5) is 67.7. The van der Waals surface area contributed by atoms with Crippen LogP contribution in [0.4, 0.5) is 0 Å². The maximum atomic E-state index is 14.0. The Morgan fingerprint density at radius 1 is 0.397 bits per heavy atom. The van der Waals surface area contributed by atoms with Crippen LogP contribution in [0.3, 0.4) is 0 Å². The maximum absolute atomic E-state index is 14.0. The molecule has 0 unspecified atom stereocenters. The van der Waals surface area contributed by atoms with Gasteiger partial charge in [0, 0.05) is 25.1 Å². The van der Waals surface area contributed by atoms with Crippen molar-refractivity contribution in [2.24, 2.45) is 0 Å². The summed E-state index contributed by atoms with van der Waals surface area (Å²) < 4.78 is 47.0. The van der Waals surface area contributed by atoms with Crippen molar-refractivity contribution in [3.63, 3.8) is 0 Å². The number of halogens is 5. The maximum Gasteiger partial charge on any atom is 0.338 e. The van der Waals surface area contributed by atoms with Gasteiger partial charge in [-0.1, -0.05) is 58.0 Å². The van der Waals surface area contributed by atoms with Gasteiger partial charge in [0.25, 0.3) is 0 Å². The average Bonchev–Trinajstić information content (AvgIpc) is 3.32. The van der Waals surface area contributed by atoms with Crippen molar-refractivity contribution in [1.82, 2.24) is 0 Å². The fraction of sp³-hybridized carbons (Fsp3) is 0.255. The predicted molar refractivity (Wildman–Crippen MR) is 242 cm³/mol. The number of aliphatic hydroxyl groups is 3. The first kappa shape index (κ1) is 50.5. The van der Waals surface area contributed by atoms with Gasteiger partial charge in [0.15, 0.2) is 30.9 Å². The number of esters is 5. The molecule has 2 heterocycles. The number of benzene rings is 5. The van der Waals surface area contributed by atoms with Gasteiger partial charge in [0.05, 0.1) is 27.8 Å². The summed E-state index contributed by atoms with van der Waals surface area (Å²) in [6, 6.07) is 27.6. The lowest BCUT2D eigenvalue weighted by Gasteiger charge is -2.47. The third kappa shape index (κ3) is 12.6. The quantitative estimate of drug-likeness (QED) is 0.0740. The summed E-state index contributed by atoms with van der Waals surface area (Å²) in [6.45, 7) is -1.50. The van der Waals surface area contributed by atoms with E-state index in [1.165, 1.54) is 121 Å². The van der Waals surface area contributed by atoms with Crippen LogP contribution in [-0.4, -0.2) is 120 Å². The monoisotopic (exact) mass is 1030 g/mol. The minimum Gasteiger partial charge on any atom is -0.459 e. The zero-order valence-electron chi connectivity index (χ0n) is 34.8. The molecule has 16 nitrogen and oxygen atoms in total. The van der Waals surface area contributed by atoms with Gasteiger partial charge in [-0.05, 0) is 121 Å². The van der Waals surface area contributed by atoms with Crippen LogP contribution in [0.25, 0.3) is 0 Å². The summed E-state index contributed by atoms with van der Waals surface area (Å²) in [5.41, 5.74) is -0.0806. The molecule has 2 aliphatic rings. The molecule has 0 bridgehead atoms. The highest BCUT2D eigenvalue weighted by atomic mass is 35.5. The van der Waals surface area contributed by atoms with Crippen molar-refractivity contribution in [2.45, 2.75) is 61.4 Å². The minimum absolute atomic E-state index is 0.0432. The molecule has 10 atom stereocenters. The first-order valence-electron chi connectivity index (χ1n) is 20.3. The van der Waals surface area contributed by atoms with Gasteiger partial charge in [0.1, 0.15) is 43.7 Å². The van der Waals surface area contributed by atoms with Crippen LogP contribution < -0.4 is 0 Å². The lowest BCUT2D eigenvalue weighted by atomic mass is 9.96. The molecule has 0 aliphatic carbocycles. The van der Waals surface area contributed by atoms with Crippen molar-refractivity contribution in [2.75, 3.05) is 13.2 Å². The Labute approximate surface area is 411 Å². The van der Waals surface area contributed by atoms with Gasteiger partial charge in [-0.3, -0.25) is 0 Å². The molecule has 0 radical (unpaired) electrons. The number of ether oxygens (including phenoxy) is 8. The molecule has 5 aromatic carbocycles. The largest absolute Gasteiger partial charge is 0.459 e. The second-order valence-corrected chi connectivity index (χ2v) is 17.2. The molecule has 3 N–H and O–H groups in total. The van der Waals surface area contributed by atoms with Crippen molar-refractivity contribution < 1.29 is 77.2 Å². The van der Waals surface area contributed by atoms with Crippen molar-refractivity contribution >= 4 is 87.9 Å². The Hall–Kier alpha value is -5.34. The molecule has 0 saturated carbocycles. The van der Waals surface area contributed by atoms with Crippen LogP contribution in [0.15, 0.2) is 121 Å². The van der Waals surface area contributed by atoms with E-state index in [1.54, 1.807) is 0 Å². The van der Waals surface area contributed by atoms with Gasteiger partial charge in [-0.2, -0.15) is 0 Å². The molecule has 0 amide bonds. The van der Waals surface area contributed by atoms with E-state index in [0.29, 0.717) is 10.0 Å². The number of aliphatic hydroxyl groups excluding tert-OH is 3. The molecule has 0 aromatic heterocycles. The normalized spacial score (nSPS) is 24.5. The van der Waals surface area contributed by atoms with Crippen molar-refractivity contribution in [3.8, 4) is 0 Å². The minimum atomic E-state index is -2.13. The third-order valence-electron chi connectivity index (χ3n) is 10.4. The predicted octanol–water partition coefficient (Wildman–Crippen LogP) is 7.19. The molecule has 356 valence electrons. The summed E-state index contributed by atoms with van der Waals surface area (Å²) in [5.74, 6) is -4.98. The first-order chi connectivity index (χ1) is 32.5. The number of carbonyl (C=O) groups is 5. The molecular weight excluding hydrogens is 998 g/mol. The van der Waals surface area contributed by atoms with Gasteiger partial charge in [0.2, 0.25) is 0 Å². The summed E-state index contributed by atoms with van der Waals surface area (Å²) in [6.07, 6.45) is -19.1. The standard InChI is InChI=1S/C47H37Cl5O16/c48-28-11-1-23(2-12-28)41(55)61-21-33-35(53)36(54)38(65-43(57)25-5-15-30(50)16-6-25)47(64-33)68-37-34(22-62-42(56)24-3-13-29(49)14-4-24)63-46(60)40(67-45(59)27-9-19-32(52)20-10-27)39(37)66-44(58)26-7-17-31(51)18-8-26/h1-20,33-40,46-47,53-54,60H,21-22H2/t33-,34-,35+,36+,37-,38-,39+,40-,46-,47+/m1/s1. The zero-order chi connectivity index (χ0) is 48.6. The first-order valence-corrected chi connectivity index (χ1v) is 22.2. The molecule has 2 saturated heterocycles. The summed E-state index contributed by atoms with van der Waals surface area (Å²) in [7, 11) is 0. The van der Waals surface area contributed by atoms with E-state index in [0.717, 1.165) is 0 Å². The Morgan fingerprint density at radius 3 is 1.10 bits per heavy atom. The fourth-order valence-electron chi connectivity index (χ4n) is 6.87. The SMILES string of the molecule is O=C(OC[C@H]1O[C@@H](O[C@H]2[C@H](OC(=O)c3ccc(Cl)cc3)[C@@H](OC(=O)c3ccc(Cl)cc3)[C@H](O)O[C@@H]2COC(=O)c2ccc(Cl)cc2)[C@H](OC(=O)c2ccc(Cl)cc2)[C@@H](O)[C@H]1O)c1ccc(Cl)cc1. The van der Waals surface area contributed by atoms with E-state index >= 15 is 0 Å². The van der Waals surface area contributed by atoms with Gasteiger partial charge < -0.3 is 53.2 Å². The summed E-state index contributed by atoms with van der Waals surface area (Å²) in [5, 5.41) is 36.2. The smallest absolute Gasteiger partial charge is 0.338 e. The van der Waals surface area contributed by atoms with Crippen LogP contribution in [0.1, 0.15) is 51.8 Å². The molecule has 2 fully saturated rings. The highest BCUT2D eigenvalue weighted by molar-refractivity contribution is 6.31. The molecule has 21 heteroatoms. The van der Waals surface area contributed by atoms with Crippen molar-refractivity contribution in [3.05, 3.63) is 174 Å². The molecule has 2 aliphatic heterocycles. The van der Waals surface area contributed by atoms with E-state index in [9.17, 15) is 39.3 Å². The second-order valence-electron chi connectivity index (χ2n) is 15.0. The molecule has 5 aromatic rings. The Morgan fingerprint density at radius 2 is 0.721 bits per heavy atom. The van der Waals surface area contributed by atoms with E-state index < -0.39 is 104 Å². The topological polar surface area (TPSA) is 220 Å². The molecular formula is C47H37Cl5O16. The van der Waals surface area contributed by atoms with E-state index in [4.69, 9.17) is 95.9 Å². The molecule has 7 rings (SSSR count). The van der Waals surface area contributed by atoms with Gasteiger partial charge in [-0.15, -0.1) is 0 Å². The Balaban J connectivity index is 1.27. The fourth-order valence-corrected chi connectivity index (χ4v) is 7.50. The van der Waals surface area contributed by atoms with Crippen molar-refractivity contribution in [1.29, 1.82) is 0 Å². The Bertz CT molecular complexity index is 2560. The molecule has 0 spiro atoms. The summed E-state index contributed by atoms with van der Waals surface area (Å²) >= 11 is 30.1. The zero-order valence-corrected chi connectivity index (χ0v) is 38.6. The third-order valence-corrected chi connectivity index (χ3v) is 11.7. The van der Waals surface area contributed by atoms with E-state index in [-0.39, 0.29) is 42.9 Å². The second kappa shape index (κ2) is 22.8. The van der Waals surface area contributed by atoms with Gasteiger partial charge >= 0.3 is 29.8 Å². The van der Waals surface area contributed by atoms with Crippen LogP contribution in [0.2, 0.25) is 25.1 Å². The number of carbonyl (C=O) groups excluding carboxylic acids is 5. The number of hydrogen-bond acceptors (Lipinski definition) is 16. The van der Waals surface area contributed by atoms with Crippen LogP contribution in [0, 0.1) is 0 Å². The van der Waals surface area contributed by atoms with Gasteiger partial charge in [-0.25, -0.2) is 24.0 Å². The highest BCUT2D eigenvalue weighted by Gasteiger charge is 2.55. The highest BCUT2D eigenvalue weighted by Crippen LogP contribution is 2.35. The van der Waals surface area contributed by atoms with E-state index in [2.05, 4.69) is 0 Å². The van der Waals surface area contributed by atoms with Crippen LogP contribution in [-0.2, 0) is 37.9 Å².